The molecular formula is C20H26N2O5S. The largest absolute Gasteiger partial charge is 0.497 e. The van der Waals surface area contributed by atoms with E-state index in [1.54, 1.807) is 62.8 Å². The van der Waals surface area contributed by atoms with E-state index in [0.29, 0.717) is 24.5 Å². The Morgan fingerprint density at radius 3 is 2.25 bits per heavy atom. The van der Waals surface area contributed by atoms with Gasteiger partial charge in [0.2, 0.25) is 15.9 Å². The molecule has 2 aromatic rings. The molecule has 7 nitrogen and oxygen atoms in total. The maximum absolute atomic E-state index is 12.8. The number of methoxy groups -OCH3 is 2. The Morgan fingerprint density at radius 2 is 1.68 bits per heavy atom. The van der Waals surface area contributed by atoms with E-state index in [1.165, 1.54) is 0 Å². The van der Waals surface area contributed by atoms with E-state index in [-0.39, 0.29) is 17.2 Å². The normalized spacial score (nSPS) is 12.4. The van der Waals surface area contributed by atoms with Crippen molar-refractivity contribution in [2.24, 2.45) is 0 Å². The predicted molar refractivity (Wildman–Crippen MR) is 107 cm³/mol. The van der Waals surface area contributed by atoms with Crippen LogP contribution in [0.2, 0.25) is 0 Å². The highest BCUT2D eigenvalue weighted by atomic mass is 32.2. The topological polar surface area (TPSA) is 93.7 Å². The lowest BCUT2D eigenvalue weighted by Gasteiger charge is -2.19. The summed E-state index contributed by atoms with van der Waals surface area (Å²) in [6.45, 7) is 2.62. The summed E-state index contributed by atoms with van der Waals surface area (Å²) in [6.07, 6.45) is -0.0405. The van der Waals surface area contributed by atoms with Crippen molar-refractivity contribution in [2.45, 2.75) is 24.3 Å². The molecule has 0 aliphatic carbocycles. The Labute approximate surface area is 166 Å². The van der Waals surface area contributed by atoms with Gasteiger partial charge in [-0.15, -0.1) is 0 Å². The summed E-state index contributed by atoms with van der Waals surface area (Å²) in [5.41, 5.74) is 1.63. The molecule has 2 rings (SSSR count). The number of hydrogen-bond donors (Lipinski definition) is 2. The van der Waals surface area contributed by atoms with Gasteiger partial charge in [-0.05, 0) is 36.8 Å². The second-order valence-corrected chi connectivity index (χ2v) is 8.02. The average molecular weight is 407 g/mol. The molecule has 152 valence electrons. The number of nitrogens with one attached hydrogen (secondary N) is 2. The van der Waals surface area contributed by atoms with Crippen molar-refractivity contribution in [1.82, 2.24) is 10.0 Å². The van der Waals surface area contributed by atoms with E-state index in [1.807, 2.05) is 6.92 Å². The van der Waals surface area contributed by atoms with Crippen LogP contribution in [-0.4, -0.2) is 41.7 Å². The highest BCUT2D eigenvalue weighted by Crippen LogP contribution is 2.23. The first-order chi connectivity index (χ1) is 13.4. The van der Waals surface area contributed by atoms with Gasteiger partial charge in [0, 0.05) is 20.1 Å². The van der Waals surface area contributed by atoms with Crippen LogP contribution >= 0.6 is 0 Å². The van der Waals surface area contributed by atoms with Gasteiger partial charge in [0.15, 0.2) is 0 Å². The molecule has 8 heteroatoms. The van der Waals surface area contributed by atoms with Crippen molar-refractivity contribution in [3.63, 3.8) is 0 Å². The zero-order valence-corrected chi connectivity index (χ0v) is 17.1. The number of ether oxygens (including phenoxy) is 2. The van der Waals surface area contributed by atoms with Gasteiger partial charge in [-0.2, -0.15) is 0 Å². The maximum atomic E-state index is 12.8. The van der Waals surface area contributed by atoms with Crippen LogP contribution in [0.4, 0.5) is 0 Å². The Bertz CT molecular complexity index is 864. The minimum absolute atomic E-state index is 0.0405. The summed E-state index contributed by atoms with van der Waals surface area (Å²) in [4.78, 5) is 12.4. The van der Waals surface area contributed by atoms with Crippen molar-refractivity contribution >= 4 is 15.9 Å². The fourth-order valence-electron chi connectivity index (χ4n) is 2.59. The van der Waals surface area contributed by atoms with Gasteiger partial charge in [0.25, 0.3) is 0 Å². The van der Waals surface area contributed by atoms with E-state index in [9.17, 15) is 13.2 Å². The minimum atomic E-state index is -3.80. The van der Waals surface area contributed by atoms with Gasteiger partial charge < -0.3 is 14.8 Å². The molecular weight excluding hydrogens is 380 g/mol. The van der Waals surface area contributed by atoms with Gasteiger partial charge >= 0.3 is 0 Å². The number of amides is 1. The molecule has 0 saturated heterocycles. The monoisotopic (exact) mass is 406 g/mol. The lowest BCUT2D eigenvalue weighted by Crippen LogP contribution is -2.34. The number of sulfonamides is 1. The molecule has 0 saturated carbocycles. The van der Waals surface area contributed by atoms with Gasteiger partial charge in [-0.25, -0.2) is 13.1 Å². The Balaban J connectivity index is 2.23. The third-order valence-corrected chi connectivity index (χ3v) is 5.65. The smallest absolute Gasteiger partial charge is 0.241 e. The fraction of sp³-hybridized carbons (Fsp3) is 0.350. The highest BCUT2D eigenvalue weighted by molar-refractivity contribution is 7.89. The number of rotatable bonds is 10. The molecule has 0 aromatic heterocycles. The van der Waals surface area contributed by atoms with Gasteiger partial charge in [-0.3, -0.25) is 4.79 Å². The molecule has 0 aliphatic heterocycles. The third kappa shape index (κ3) is 6.33. The van der Waals surface area contributed by atoms with Crippen LogP contribution < -0.4 is 14.8 Å². The van der Waals surface area contributed by atoms with Crippen LogP contribution in [-0.2, 0) is 19.6 Å². The fourth-order valence-corrected chi connectivity index (χ4v) is 3.81. The molecule has 0 radical (unpaired) electrons. The number of benzene rings is 2. The van der Waals surface area contributed by atoms with Crippen molar-refractivity contribution in [2.75, 3.05) is 27.4 Å². The van der Waals surface area contributed by atoms with Crippen LogP contribution in [0, 0.1) is 6.92 Å². The van der Waals surface area contributed by atoms with Crippen LogP contribution in [0.25, 0.3) is 0 Å². The lowest BCUT2D eigenvalue weighted by molar-refractivity contribution is -0.121. The summed E-state index contributed by atoms with van der Waals surface area (Å²) in [6, 6.07) is 12.8. The van der Waals surface area contributed by atoms with E-state index < -0.39 is 16.1 Å². The molecule has 28 heavy (non-hydrogen) atoms. The summed E-state index contributed by atoms with van der Waals surface area (Å²) in [5.74, 6) is 0.373. The molecule has 0 fully saturated rings. The Hall–Kier alpha value is -2.42. The molecule has 1 amide bonds. The number of carbonyl (C=O) groups is 1. The van der Waals surface area contributed by atoms with E-state index >= 15 is 0 Å². The Kier molecular flexibility index (Phi) is 7.98. The van der Waals surface area contributed by atoms with E-state index in [4.69, 9.17) is 9.47 Å². The maximum Gasteiger partial charge on any atom is 0.241 e. The summed E-state index contributed by atoms with van der Waals surface area (Å²) in [5, 5.41) is 2.72. The lowest BCUT2D eigenvalue weighted by atomic mass is 10.0. The van der Waals surface area contributed by atoms with E-state index in [0.717, 1.165) is 5.56 Å². The summed E-state index contributed by atoms with van der Waals surface area (Å²) in [7, 11) is -0.702. The quantitative estimate of drug-likeness (QED) is 0.590. The minimum Gasteiger partial charge on any atom is -0.497 e. The standard InChI is InChI=1S/C20H26N2O5S/c1-15-4-10-18(11-5-15)28(24,25)22-19(14-20(23)21-12-13-26-2)16-6-8-17(27-3)9-7-16/h4-11,19,22H,12-14H2,1-3H3,(H,21,23). The molecule has 0 bridgehead atoms. The van der Waals surface area contributed by atoms with Crippen LogP contribution in [0.5, 0.6) is 5.75 Å². The molecule has 2 aromatic carbocycles. The van der Waals surface area contributed by atoms with Crippen molar-refractivity contribution in [3.05, 3.63) is 59.7 Å². The summed E-state index contributed by atoms with van der Waals surface area (Å²) >= 11 is 0. The molecule has 1 atom stereocenters. The van der Waals surface area contributed by atoms with Gasteiger partial charge in [0.1, 0.15) is 5.75 Å². The molecule has 1 unspecified atom stereocenters. The van der Waals surface area contributed by atoms with Crippen molar-refractivity contribution < 1.29 is 22.7 Å². The predicted octanol–water partition coefficient (Wildman–Crippen LogP) is 2.18. The Morgan fingerprint density at radius 1 is 1.04 bits per heavy atom. The first kappa shape index (κ1) is 21.9. The van der Waals surface area contributed by atoms with Crippen LogP contribution in [0.1, 0.15) is 23.6 Å². The molecule has 0 spiro atoms. The zero-order chi connectivity index (χ0) is 20.6. The first-order valence-corrected chi connectivity index (χ1v) is 10.3. The zero-order valence-electron chi connectivity index (χ0n) is 16.3. The number of aryl methyl sites for hydroxylation is 1. The van der Waals surface area contributed by atoms with Crippen molar-refractivity contribution in [3.8, 4) is 5.75 Å². The average Bonchev–Trinajstić information content (AvgIpc) is 2.68. The van der Waals surface area contributed by atoms with E-state index in [2.05, 4.69) is 10.0 Å². The van der Waals surface area contributed by atoms with Crippen LogP contribution in [0.3, 0.4) is 0 Å². The van der Waals surface area contributed by atoms with Crippen LogP contribution in [0.15, 0.2) is 53.4 Å². The van der Waals surface area contributed by atoms with Gasteiger partial charge in [-0.1, -0.05) is 29.8 Å². The SMILES string of the molecule is COCCNC(=O)CC(NS(=O)(=O)c1ccc(C)cc1)c1ccc(OC)cc1. The number of hydrogen-bond acceptors (Lipinski definition) is 5. The molecule has 2 N–H and O–H groups in total. The third-order valence-electron chi connectivity index (χ3n) is 4.16. The summed E-state index contributed by atoms with van der Waals surface area (Å²) < 4.78 is 38.3. The number of carbonyl (C=O) groups excluding carboxylic acids is 1. The highest BCUT2D eigenvalue weighted by Gasteiger charge is 2.23. The van der Waals surface area contributed by atoms with Gasteiger partial charge in [0.05, 0.1) is 24.7 Å². The second kappa shape index (κ2) is 10.2. The molecule has 0 heterocycles. The van der Waals surface area contributed by atoms with Crippen molar-refractivity contribution in [1.29, 1.82) is 0 Å². The second-order valence-electron chi connectivity index (χ2n) is 6.31. The first-order valence-electron chi connectivity index (χ1n) is 8.84. The molecule has 0 aliphatic rings.